The van der Waals surface area contributed by atoms with Gasteiger partial charge < -0.3 is 15.0 Å². The molecule has 31 heavy (non-hydrogen) atoms. The number of rotatable bonds is 7. The van der Waals surface area contributed by atoms with Crippen LogP contribution in [0.1, 0.15) is 5.56 Å². The van der Waals surface area contributed by atoms with Gasteiger partial charge in [-0.05, 0) is 35.9 Å². The number of nitrogens with one attached hydrogen (secondary N) is 1. The summed E-state index contributed by atoms with van der Waals surface area (Å²) in [6, 6.07) is 15.7. The Kier molecular flexibility index (Phi) is 7.43. The first-order chi connectivity index (χ1) is 14.9. The monoisotopic (exact) mass is 443 g/mol. The van der Waals surface area contributed by atoms with Gasteiger partial charge in [0.2, 0.25) is 15.9 Å². The average Bonchev–Trinajstić information content (AvgIpc) is 2.80. The Labute approximate surface area is 182 Å². The molecular weight excluding hydrogens is 418 g/mol. The minimum absolute atomic E-state index is 0.128. The van der Waals surface area contributed by atoms with Crippen LogP contribution in [0.15, 0.2) is 72.1 Å². The molecule has 2 amide bonds. The van der Waals surface area contributed by atoms with E-state index in [1.54, 1.807) is 0 Å². The van der Waals surface area contributed by atoms with Crippen LogP contribution in [0, 0.1) is 0 Å². The summed E-state index contributed by atoms with van der Waals surface area (Å²) in [6.07, 6.45) is 1.33. The number of carbonyl (C=O) groups is 2. The number of piperazine rings is 1. The van der Waals surface area contributed by atoms with Crippen molar-refractivity contribution >= 4 is 27.7 Å². The van der Waals surface area contributed by atoms with Crippen molar-refractivity contribution in [2.45, 2.75) is 11.3 Å². The van der Waals surface area contributed by atoms with Crippen LogP contribution in [0.3, 0.4) is 0 Å². The van der Waals surface area contributed by atoms with Crippen molar-refractivity contribution in [3.63, 3.8) is 0 Å². The van der Waals surface area contributed by atoms with Gasteiger partial charge in [-0.2, -0.15) is 4.31 Å². The lowest BCUT2D eigenvalue weighted by molar-refractivity contribution is -0.111. The van der Waals surface area contributed by atoms with Crippen LogP contribution in [0.5, 0.6) is 0 Å². The van der Waals surface area contributed by atoms with Crippen molar-refractivity contribution in [2.24, 2.45) is 0 Å². The highest BCUT2D eigenvalue weighted by atomic mass is 32.2. The van der Waals surface area contributed by atoms with Crippen molar-refractivity contribution < 1.29 is 22.7 Å². The minimum atomic E-state index is -3.69. The minimum Gasteiger partial charge on any atom is -0.449 e. The molecule has 0 atom stereocenters. The second-order valence-corrected chi connectivity index (χ2v) is 8.90. The van der Waals surface area contributed by atoms with E-state index in [1.807, 2.05) is 30.3 Å². The fourth-order valence-corrected chi connectivity index (χ4v) is 4.58. The van der Waals surface area contributed by atoms with E-state index in [1.165, 1.54) is 33.5 Å². The van der Waals surface area contributed by atoms with Gasteiger partial charge in [0.25, 0.3) is 0 Å². The lowest BCUT2D eigenvalue weighted by atomic mass is 10.2. The number of carbonyl (C=O) groups excluding carboxylic acids is 2. The van der Waals surface area contributed by atoms with E-state index in [2.05, 4.69) is 11.9 Å². The number of hydrogen-bond donors (Lipinski definition) is 1. The van der Waals surface area contributed by atoms with E-state index >= 15 is 0 Å². The summed E-state index contributed by atoms with van der Waals surface area (Å²) in [5, 5.41) is 2.57. The second kappa shape index (κ2) is 10.2. The molecule has 2 aromatic carbocycles. The van der Waals surface area contributed by atoms with Crippen LogP contribution in [0.2, 0.25) is 0 Å². The van der Waals surface area contributed by atoms with Crippen LogP contribution in [-0.4, -0.2) is 62.4 Å². The van der Waals surface area contributed by atoms with E-state index in [9.17, 15) is 18.0 Å². The van der Waals surface area contributed by atoms with Crippen molar-refractivity contribution in [3.8, 4) is 0 Å². The third-order valence-electron chi connectivity index (χ3n) is 4.90. The Hall–Kier alpha value is -3.17. The Morgan fingerprint density at radius 3 is 2.26 bits per heavy atom. The average molecular weight is 444 g/mol. The van der Waals surface area contributed by atoms with Crippen molar-refractivity contribution in [1.29, 1.82) is 0 Å². The van der Waals surface area contributed by atoms with Gasteiger partial charge in [-0.3, -0.25) is 4.79 Å². The largest absolute Gasteiger partial charge is 0.449 e. The highest BCUT2D eigenvalue weighted by molar-refractivity contribution is 7.89. The lowest BCUT2D eigenvalue weighted by Gasteiger charge is -2.33. The van der Waals surface area contributed by atoms with Crippen LogP contribution in [-0.2, 0) is 26.0 Å². The summed E-state index contributed by atoms with van der Waals surface area (Å²) in [6.45, 7) is 4.54. The number of benzene rings is 2. The Morgan fingerprint density at radius 1 is 1.00 bits per heavy atom. The molecule has 0 unspecified atom stereocenters. The molecule has 0 aromatic heterocycles. The van der Waals surface area contributed by atoms with Gasteiger partial charge in [-0.1, -0.05) is 36.9 Å². The highest BCUT2D eigenvalue weighted by Gasteiger charge is 2.30. The fourth-order valence-electron chi connectivity index (χ4n) is 3.16. The van der Waals surface area contributed by atoms with Gasteiger partial charge in [0.15, 0.2) is 0 Å². The molecule has 8 nitrogen and oxygen atoms in total. The third-order valence-corrected chi connectivity index (χ3v) is 6.81. The Bertz CT molecular complexity index is 1010. The quantitative estimate of drug-likeness (QED) is 0.664. The first-order valence-corrected chi connectivity index (χ1v) is 11.3. The lowest BCUT2D eigenvalue weighted by Crippen LogP contribution is -2.50. The molecule has 9 heteroatoms. The maximum Gasteiger partial charge on any atom is 0.409 e. The zero-order valence-corrected chi connectivity index (χ0v) is 17.9. The standard InChI is InChI=1S/C22H25N3O5S/c1-2-21(26)23-19-8-10-20(11-9-19)31(28,29)25-15-13-24(14-16-25)22(27)30-17-12-18-6-4-3-5-7-18/h2-11H,1,12-17H2,(H,23,26). The summed E-state index contributed by atoms with van der Waals surface area (Å²) in [5.74, 6) is -0.373. The maximum absolute atomic E-state index is 12.9. The predicted molar refractivity (Wildman–Crippen MR) is 117 cm³/mol. The van der Waals surface area contributed by atoms with E-state index in [-0.39, 0.29) is 43.6 Å². The molecule has 2 aromatic rings. The first-order valence-electron chi connectivity index (χ1n) is 9.89. The number of nitrogens with zero attached hydrogens (tertiary/aromatic N) is 2. The van der Waals surface area contributed by atoms with Crippen LogP contribution in [0.4, 0.5) is 10.5 Å². The van der Waals surface area contributed by atoms with E-state index in [4.69, 9.17) is 4.74 Å². The van der Waals surface area contributed by atoms with Gasteiger partial charge in [0.1, 0.15) is 0 Å². The number of sulfonamides is 1. The summed E-state index contributed by atoms with van der Waals surface area (Å²) < 4.78 is 32.4. The van der Waals surface area contributed by atoms with E-state index < -0.39 is 16.1 Å². The molecule has 164 valence electrons. The summed E-state index contributed by atoms with van der Waals surface area (Å²) in [5.41, 5.74) is 1.56. The highest BCUT2D eigenvalue weighted by Crippen LogP contribution is 2.20. The normalized spacial score (nSPS) is 14.6. The van der Waals surface area contributed by atoms with Crippen LogP contribution >= 0.6 is 0 Å². The number of hydrogen-bond acceptors (Lipinski definition) is 5. The zero-order valence-electron chi connectivity index (χ0n) is 17.1. The molecule has 1 fully saturated rings. The molecule has 1 heterocycles. The molecular formula is C22H25N3O5S. The SMILES string of the molecule is C=CC(=O)Nc1ccc(S(=O)(=O)N2CCN(C(=O)OCCc3ccccc3)CC2)cc1. The van der Waals surface area contributed by atoms with Crippen LogP contribution in [0.25, 0.3) is 0 Å². The third kappa shape index (κ3) is 5.93. The number of ether oxygens (including phenoxy) is 1. The van der Waals surface area contributed by atoms with Crippen molar-refractivity contribution in [2.75, 3.05) is 38.1 Å². The molecule has 3 rings (SSSR count). The van der Waals surface area contributed by atoms with E-state index in [0.717, 1.165) is 11.6 Å². The van der Waals surface area contributed by atoms with Gasteiger partial charge in [0, 0.05) is 38.3 Å². The second-order valence-electron chi connectivity index (χ2n) is 6.96. The molecule has 0 saturated carbocycles. The molecule has 0 spiro atoms. The Morgan fingerprint density at radius 2 is 1.65 bits per heavy atom. The number of amides is 2. The van der Waals surface area contributed by atoms with Gasteiger partial charge in [-0.25, -0.2) is 13.2 Å². The van der Waals surface area contributed by atoms with Crippen molar-refractivity contribution in [1.82, 2.24) is 9.21 Å². The smallest absolute Gasteiger partial charge is 0.409 e. The Balaban J connectivity index is 1.50. The molecule has 0 aliphatic carbocycles. The molecule has 1 N–H and O–H groups in total. The molecule has 1 aliphatic rings. The van der Waals surface area contributed by atoms with Gasteiger partial charge in [-0.15, -0.1) is 0 Å². The summed E-state index contributed by atoms with van der Waals surface area (Å²) >= 11 is 0. The van der Waals surface area contributed by atoms with E-state index in [0.29, 0.717) is 12.1 Å². The number of anilines is 1. The molecule has 0 bridgehead atoms. The first kappa shape index (κ1) is 22.5. The van der Waals surface area contributed by atoms with Crippen molar-refractivity contribution in [3.05, 3.63) is 72.8 Å². The zero-order chi connectivity index (χ0) is 22.3. The summed E-state index contributed by atoms with van der Waals surface area (Å²) in [4.78, 5) is 25.2. The topological polar surface area (TPSA) is 96.0 Å². The molecule has 1 aliphatic heterocycles. The fraction of sp³-hybridized carbons (Fsp3) is 0.273. The van der Waals surface area contributed by atoms with Gasteiger partial charge in [0.05, 0.1) is 11.5 Å². The van der Waals surface area contributed by atoms with Gasteiger partial charge >= 0.3 is 6.09 Å². The maximum atomic E-state index is 12.9. The molecule has 0 radical (unpaired) electrons. The predicted octanol–water partition coefficient (Wildman–Crippen LogP) is 2.50. The molecule has 1 saturated heterocycles. The summed E-state index contributed by atoms with van der Waals surface area (Å²) in [7, 11) is -3.69. The van der Waals surface area contributed by atoms with Crippen LogP contribution < -0.4 is 5.32 Å².